The Labute approximate surface area is 90.6 Å². The number of hydrazone groups is 1. The number of hydrogen-bond acceptors (Lipinski definition) is 4. The van der Waals surface area contributed by atoms with Gasteiger partial charge in [0, 0.05) is 5.02 Å². The highest BCUT2D eigenvalue weighted by Gasteiger charge is 2.07. The first-order valence-electron chi connectivity index (χ1n) is 3.86. The number of carboxylic acid groups (broad SMARTS) is 1. The van der Waals surface area contributed by atoms with Crippen molar-refractivity contribution >= 4 is 29.0 Å². The second-order valence-corrected chi connectivity index (χ2v) is 2.94. The van der Waals surface area contributed by atoms with Gasteiger partial charge in [0.1, 0.15) is 6.07 Å². The fourth-order valence-corrected chi connectivity index (χ4v) is 0.989. The number of nitrogens with one attached hydrogen (secondary N) is 1. The molecule has 0 heterocycles. The summed E-state index contributed by atoms with van der Waals surface area (Å²) in [7, 11) is 0. The van der Waals surface area contributed by atoms with E-state index in [1.807, 2.05) is 0 Å². The van der Waals surface area contributed by atoms with Gasteiger partial charge in [0.05, 0.1) is 5.69 Å². The van der Waals surface area contributed by atoms with Crippen molar-refractivity contribution in [3.63, 3.8) is 0 Å². The number of carboxylic acids is 1. The molecule has 0 amide bonds. The largest absolute Gasteiger partial charge is 0.476 e. The van der Waals surface area contributed by atoms with E-state index in [-0.39, 0.29) is 0 Å². The smallest absolute Gasteiger partial charge is 0.367 e. The molecule has 1 aromatic rings. The molecule has 0 aliphatic rings. The van der Waals surface area contributed by atoms with Gasteiger partial charge >= 0.3 is 5.97 Å². The number of benzene rings is 1. The minimum atomic E-state index is -1.38. The molecule has 0 saturated heterocycles. The molecule has 0 aliphatic carbocycles. The molecule has 2 N–H and O–H groups in total. The molecule has 15 heavy (non-hydrogen) atoms. The van der Waals surface area contributed by atoms with E-state index in [2.05, 4.69) is 10.5 Å². The van der Waals surface area contributed by atoms with E-state index in [1.54, 1.807) is 24.3 Å². The highest BCUT2D eigenvalue weighted by atomic mass is 35.5. The number of anilines is 1. The number of carbonyl (C=O) groups is 1. The first-order chi connectivity index (χ1) is 7.13. The zero-order valence-electron chi connectivity index (χ0n) is 7.44. The van der Waals surface area contributed by atoms with Crippen molar-refractivity contribution < 1.29 is 9.90 Å². The van der Waals surface area contributed by atoms with Crippen LogP contribution in [0.5, 0.6) is 0 Å². The Morgan fingerprint density at radius 2 is 2.33 bits per heavy atom. The first-order valence-corrected chi connectivity index (χ1v) is 4.24. The zero-order valence-corrected chi connectivity index (χ0v) is 8.19. The summed E-state index contributed by atoms with van der Waals surface area (Å²) in [6.45, 7) is 0. The fraction of sp³-hybridized carbons (Fsp3) is 0. The lowest BCUT2D eigenvalue weighted by Gasteiger charge is -1.99. The fourth-order valence-electron chi connectivity index (χ4n) is 0.799. The summed E-state index contributed by atoms with van der Waals surface area (Å²) in [4.78, 5) is 10.4. The van der Waals surface area contributed by atoms with Gasteiger partial charge in [-0.15, -0.1) is 0 Å². The van der Waals surface area contributed by atoms with Gasteiger partial charge in [0.15, 0.2) is 0 Å². The molecular formula is C9H6ClN3O2. The van der Waals surface area contributed by atoms with Crippen molar-refractivity contribution in [2.24, 2.45) is 5.10 Å². The molecule has 0 bridgehead atoms. The third-order valence-corrected chi connectivity index (χ3v) is 1.66. The molecule has 0 aliphatic heterocycles. The molecule has 1 rings (SSSR count). The van der Waals surface area contributed by atoms with Crippen molar-refractivity contribution in [3.8, 4) is 6.07 Å². The van der Waals surface area contributed by atoms with E-state index in [4.69, 9.17) is 22.0 Å². The lowest BCUT2D eigenvalue weighted by molar-refractivity contribution is -0.129. The molecule has 6 heteroatoms. The van der Waals surface area contributed by atoms with Gasteiger partial charge in [-0.2, -0.15) is 10.4 Å². The average molecular weight is 224 g/mol. The molecule has 0 unspecified atom stereocenters. The van der Waals surface area contributed by atoms with Gasteiger partial charge in [-0.05, 0) is 18.2 Å². The summed E-state index contributed by atoms with van der Waals surface area (Å²) >= 11 is 5.69. The van der Waals surface area contributed by atoms with Crippen LogP contribution in [0, 0.1) is 11.3 Å². The van der Waals surface area contributed by atoms with E-state index in [0.717, 1.165) is 0 Å². The minimum absolute atomic E-state index is 0.490. The Kier molecular flexibility index (Phi) is 3.66. The highest BCUT2D eigenvalue weighted by molar-refractivity contribution is 6.42. The number of hydrogen-bond donors (Lipinski definition) is 2. The van der Waals surface area contributed by atoms with E-state index >= 15 is 0 Å². The number of halogens is 1. The third kappa shape index (κ3) is 3.29. The van der Waals surface area contributed by atoms with Gasteiger partial charge < -0.3 is 5.11 Å². The number of nitriles is 1. The predicted molar refractivity (Wildman–Crippen MR) is 55.8 cm³/mol. The molecule has 0 aromatic heterocycles. The number of nitrogens with zero attached hydrogens (tertiary/aromatic N) is 2. The topological polar surface area (TPSA) is 85.5 Å². The van der Waals surface area contributed by atoms with E-state index in [1.165, 1.54) is 6.07 Å². The molecular weight excluding hydrogens is 218 g/mol. The summed E-state index contributed by atoms with van der Waals surface area (Å²) < 4.78 is 0. The Hall–Kier alpha value is -2.06. The summed E-state index contributed by atoms with van der Waals surface area (Å²) in [6.07, 6.45) is 0. The van der Waals surface area contributed by atoms with E-state index < -0.39 is 11.7 Å². The molecule has 0 radical (unpaired) electrons. The standard InChI is InChI=1S/C9H6ClN3O2/c10-6-2-1-3-7(4-6)12-13-8(5-11)9(14)15/h1-4,12H,(H,14,15)/b13-8+. The highest BCUT2D eigenvalue weighted by Crippen LogP contribution is 2.14. The second kappa shape index (κ2) is 4.98. The van der Waals surface area contributed by atoms with Crippen molar-refractivity contribution in [2.75, 3.05) is 5.43 Å². The third-order valence-electron chi connectivity index (χ3n) is 1.43. The number of rotatable bonds is 3. The molecule has 0 fully saturated rings. The van der Waals surface area contributed by atoms with Crippen LogP contribution in [0.1, 0.15) is 0 Å². The summed E-state index contributed by atoms with van der Waals surface area (Å²) in [5.74, 6) is -1.38. The van der Waals surface area contributed by atoms with Gasteiger partial charge in [-0.25, -0.2) is 4.79 Å². The van der Waals surface area contributed by atoms with Crippen LogP contribution in [0.25, 0.3) is 0 Å². The van der Waals surface area contributed by atoms with Gasteiger partial charge in [0.25, 0.3) is 0 Å². The first kappa shape index (κ1) is 11.0. The Balaban J connectivity index is 2.80. The van der Waals surface area contributed by atoms with Crippen molar-refractivity contribution in [1.82, 2.24) is 0 Å². The van der Waals surface area contributed by atoms with Gasteiger partial charge in [-0.1, -0.05) is 17.7 Å². The lowest BCUT2D eigenvalue weighted by Crippen LogP contribution is -2.12. The summed E-state index contributed by atoms with van der Waals surface area (Å²) in [5.41, 5.74) is 2.31. The quantitative estimate of drug-likeness (QED) is 0.603. The maximum Gasteiger partial charge on any atom is 0.367 e. The van der Waals surface area contributed by atoms with Crippen LogP contribution >= 0.6 is 11.6 Å². The maximum atomic E-state index is 10.4. The predicted octanol–water partition coefficient (Wildman–Crippen LogP) is 1.72. The van der Waals surface area contributed by atoms with Gasteiger partial charge in [-0.3, -0.25) is 5.43 Å². The lowest BCUT2D eigenvalue weighted by atomic mass is 10.3. The normalized spacial score (nSPS) is 10.5. The SMILES string of the molecule is N#C/C(=N\Nc1cccc(Cl)c1)C(=O)O. The number of aliphatic carboxylic acids is 1. The average Bonchev–Trinajstić information content (AvgIpc) is 2.18. The summed E-state index contributed by atoms with van der Waals surface area (Å²) in [6, 6.07) is 7.98. The van der Waals surface area contributed by atoms with Crippen molar-refractivity contribution in [3.05, 3.63) is 29.3 Å². The second-order valence-electron chi connectivity index (χ2n) is 2.50. The molecule has 5 nitrogen and oxygen atoms in total. The summed E-state index contributed by atoms with van der Waals surface area (Å²) in [5, 5.41) is 20.8. The minimum Gasteiger partial charge on any atom is -0.476 e. The van der Waals surface area contributed by atoms with E-state index in [0.29, 0.717) is 10.7 Å². The van der Waals surface area contributed by atoms with Crippen LogP contribution in [0.4, 0.5) is 5.69 Å². The molecule has 0 saturated carbocycles. The Morgan fingerprint density at radius 1 is 1.60 bits per heavy atom. The van der Waals surface area contributed by atoms with Crippen molar-refractivity contribution in [1.29, 1.82) is 5.26 Å². The van der Waals surface area contributed by atoms with Crippen LogP contribution in [0.2, 0.25) is 5.02 Å². The van der Waals surface area contributed by atoms with Gasteiger partial charge in [0.2, 0.25) is 5.71 Å². The van der Waals surface area contributed by atoms with E-state index in [9.17, 15) is 4.79 Å². The zero-order chi connectivity index (χ0) is 11.3. The van der Waals surface area contributed by atoms with Crippen LogP contribution in [-0.2, 0) is 4.79 Å². The van der Waals surface area contributed by atoms with Crippen LogP contribution < -0.4 is 5.43 Å². The molecule has 0 spiro atoms. The van der Waals surface area contributed by atoms with Crippen LogP contribution in [-0.4, -0.2) is 16.8 Å². The monoisotopic (exact) mass is 223 g/mol. The molecule has 0 atom stereocenters. The van der Waals surface area contributed by atoms with Crippen molar-refractivity contribution in [2.45, 2.75) is 0 Å². The maximum absolute atomic E-state index is 10.4. The Bertz CT molecular complexity index is 451. The van der Waals surface area contributed by atoms with Crippen LogP contribution in [0.15, 0.2) is 29.4 Å². The van der Waals surface area contributed by atoms with Crippen LogP contribution in [0.3, 0.4) is 0 Å². The molecule has 1 aromatic carbocycles. The molecule has 76 valence electrons. The Morgan fingerprint density at radius 3 is 2.87 bits per heavy atom.